The van der Waals surface area contributed by atoms with Gasteiger partial charge in [-0.3, -0.25) is 23.8 Å². The third-order valence-corrected chi connectivity index (χ3v) is 9.28. The Hall–Kier alpha value is -3.01. The van der Waals surface area contributed by atoms with Gasteiger partial charge >= 0.3 is 0 Å². The highest BCUT2D eigenvalue weighted by molar-refractivity contribution is 8.26. The van der Waals surface area contributed by atoms with Crippen LogP contribution in [0.2, 0.25) is 0 Å². The first-order valence-corrected chi connectivity index (χ1v) is 15.0. The summed E-state index contributed by atoms with van der Waals surface area (Å²) < 4.78 is 2.19. The van der Waals surface area contributed by atoms with E-state index in [0.717, 1.165) is 64.0 Å². The van der Waals surface area contributed by atoms with Crippen molar-refractivity contribution in [3.8, 4) is 0 Å². The molecule has 1 saturated carbocycles. The number of aryl methyl sites for hydroxylation is 1. The number of nitrogens with zero attached hydrogens (tertiary/aromatic N) is 5. The van der Waals surface area contributed by atoms with Gasteiger partial charge < -0.3 is 4.90 Å². The Bertz CT molecular complexity index is 1490. The van der Waals surface area contributed by atoms with Crippen LogP contribution >= 0.6 is 24.0 Å². The molecule has 9 heteroatoms. The number of thioether (sulfide) groups is 1. The van der Waals surface area contributed by atoms with Crippen LogP contribution in [0, 0.1) is 6.92 Å². The average molecular weight is 560 g/mol. The molecule has 3 fully saturated rings. The van der Waals surface area contributed by atoms with E-state index in [-0.39, 0.29) is 17.5 Å². The van der Waals surface area contributed by atoms with E-state index in [9.17, 15) is 9.59 Å². The first-order valence-electron chi connectivity index (χ1n) is 13.8. The van der Waals surface area contributed by atoms with E-state index in [2.05, 4.69) is 34.1 Å². The smallest absolute Gasteiger partial charge is 0.267 e. The van der Waals surface area contributed by atoms with E-state index in [1.807, 2.05) is 31.3 Å². The van der Waals surface area contributed by atoms with E-state index in [4.69, 9.17) is 17.2 Å². The summed E-state index contributed by atoms with van der Waals surface area (Å²) in [5.74, 6) is 0.565. The second-order valence-electron chi connectivity index (χ2n) is 10.7. The van der Waals surface area contributed by atoms with Gasteiger partial charge in [0.1, 0.15) is 15.8 Å². The normalized spacial score (nSPS) is 20.5. The maximum absolute atomic E-state index is 13.9. The lowest BCUT2D eigenvalue weighted by Gasteiger charge is -2.36. The third kappa shape index (κ3) is 5.40. The highest BCUT2D eigenvalue weighted by Crippen LogP contribution is 2.38. The van der Waals surface area contributed by atoms with Crippen LogP contribution < -0.4 is 10.5 Å². The molecule has 202 valence electrons. The summed E-state index contributed by atoms with van der Waals surface area (Å²) in [5, 5.41) is 0. The zero-order chi connectivity index (χ0) is 26.9. The van der Waals surface area contributed by atoms with E-state index in [1.54, 1.807) is 15.4 Å². The maximum atomic E-state index is 13.9. The Morgan fingerprint density at radius 2 is 1.74 bits per heavy atom. The van der Waals surface area contributed by atoms with Gasteiger partial charge in [-0.25, -0.2) is 4.98 Å². The molecular weight excluding hydrogens is 526 g/mol. The number of carbonyl (C=O) groups is 1. The van der Waals surface area contributed by atoms with Gasteiger partial charge in [-0.2, -0.15) is 0 Å². The van der Waals surface area contributed by atoms with Crippen molar-refractivity contribution in [3.05, 3.63) is 80.6 Å². The fourth-order valence-electron chi connectivity index (χ4n) is 5.84. The second kappa shape index (κ2) is 11.2. The van der Waals surface area contributed by atoms with Crippen molar-refractivity contribution in [1.29, 1.82) is 0 Å². The van der Waals surface area contributed by atoms with Crippen molar-refractivity contribution in [3.63, 3.8) is 0 Å². The predicted molar refractivity (Wildman–Crippen MR) is 162 cm³/mol. The number of benzene rings is 1. The largest absolute Gasteiger partial charge is 0.353 e. The number of aromatic nitrogens is 2. The van der Waals surface area contributed by atoms with Crippen LogP contribution in [-0.2, 0) is 11.3 Å². The number of piperazine rings is 1. The lowest BCUT2D eigenvalue weighted by atomic mass is 9.94. The van der Waals surface area contributed by atoms with Gasteiger partial charge in [0, 0.05) is 45.0 Å². The summed E-state index contributed by atoms with van der Waals surface area (Å²) in [5.41, 5.74) is 3.18. The number of hydrogen-bond acceptors (Lipinski definition) is 7. The van der Waals surface area contributed by atoms with Crippen LogP contribution in [0.4, 0.5) is 5.82 Å². The van der Waals surface area contributed by atoms with Gasteiger partial charge in [0.25, 0.3) is 11.5 Å². The molecular formula is C30H33N5O2S2. The van der Waals surface area contributed by atoms with Gasteiger partial charge in [-0.1, -0.05) is 79.6 Å². The Labute approximate surface area is 238 Å². The molecule has 6 rings (SSSR count). The minimum absolute atomic E-state index is 0.0794. The van der Waals surface area contributed by atoms with Gasteiger partial charge in [0.05, 0.1) is 10.5 Å². The van der Waals surface area contributed by atoms with Gasteiger partial charge in [0.2, 0.25) is 0 Å². The highest BCUT2D eigenvalue weighted by atomic mass is 32.2. The number of hydrogen-bond donors (Lipinski definition) is 0. The Balaban J connectivity index is 1.32. The van der Waals surface area contributed by atoms with Gasteiger partial charge in [-0.05, 0) is 43.0 Å². The van der Waals surface area contributed by atoms with E-state index in [1.165, 1.54) is 23.7 Å². The predicted octanol–water partition coefficient (Wildman–Crippen LogP) is 4.86. The standard InChI is InChI=1S/C30H33N5O2S2/c1-21-12-13-26-31-27(33-16-14-32(15-17-33)20-22-8-4-2-5-9-22)24(28(36)34(26)19-21)18-25-29(37)35(30(38)39-25)23-10-6-3-7-11-23/h2,4-5,8-9,12-13,18-19,23H,3,6-7,10-11,14-17,20H2,1H3. The monoisotopic (exact) mass is 559 g/mol. The summed E-state index contributed by atoms with van der Waals surface area (Å²) in [6.45, 7) is 6.11. The summed E-state index contributed by atoms with van der Waals surface area (Å²) in [4.78, 5) is 39.3. The van der Waals surface area contributed by atoms with Crippen molar-refractivity contribution in [2.45, 2.75) is 51.6 Å². The van der Waals surface area contributed by atoms with E-state index >= 15 is 0 Å². The van der Waals surface area contributed by atoms with Crippen LogP contribution in [0.1, 0.15) is 48.8 Å². The van der Waals surface area contributed by atoms with Crippen molar-refractivity contribution in [2.24, 2.45) is 0 Å². The van der Waals surface area contributed by atoms with Crippen molar-refractivity contribution >= 4 is 51.7 Å². The minimum Gasteiger partial charge on any atom is -0.353 e. The number of fused-ring (bicyclic) bond motifs is 1. The van der Waals surface area contributed by atoms with Crippen molar-refractivity contribution < 1.29 is 4.79 Å². The lowest BCUT2D eigenvalue weighted by Crippen LogP contribution is -2.47. The third-order valence-electron chi connectivity index (χ3n) is 7.95. The number of anilines is 1. The maximum Gasteiger partial charge on any atom is 0.267 e. The fraction of sp³-hybridized carbons (Fsp3) is 0.400. The molecule has 2 aromatic heterocycles. The quantitative estimate of drug-likeness (QED) is 0.327. The molecule has 0 bridgehead atoms. The molecule has 2 saturated heterocycles. The fourth-order valence-corrected chi connectivity index (χ4v) is 7.22. The summed E-state index contributed by atoms with van der Waals surface area (Å²) >= 11 is 6.97. The molecule has 4 heterocycles. The molecule has 0 atom stereocenters. The van der Waals surface area contributed by atoms with Crippen molar-refractivity contribution in [1.82, 2.24) is 19.2 Å². The van der Waals surface area contributed by atoms with Crippen LogP contribution in [-0.4, -0.2) is 61.6 Å². The Morgan fingerprint density at radius 3 is 2.49 bits per heavy atom. The second-order valence-corrected chi connectivity index (χ2v) is 12.4. The first-order chi connectivity index (χ1) is 19.0. The molecule has 0 N–H and O–H groups in total. The zero-order valence-electron chi connectivity index (χ0n) is 22.2. The topological polar surface area (TPSA) is 61.2 Å². The number of carbonyl (C=O) groups excluding carboxylic acids is 1. The van der Waals surface area contributed by atoms with Crippen LogP contribution in [0.15, 0.2) is 58.4 Å². The van der Waals surface area contributed by atoms with Gasteiger partial charge in [-0.15, -0.1) is 0 Å². The lowest BCUT2D eigenvalue weighted by molar-refractivity contribution is -0.124. The molecule has 0 radical (unpaired) electrons. The van der Waals surface area contributed by atoms with Crippen LogP contribution in [0.25, 0.3) is 11.7 Å². The molecule has 3 aliphatic rings. The molecule has 0 unspecified atom stereocenters. The molecule has 7 nitrogen and oxygen atoms in total. The molecule has 0 spiro atoms. The van der Waals surface area contributed by atoms with Crippen LogP contribution in [0.3, 0.4) is 0 Å². The SMILES string of the molecule is Cc1ccc2nc(N3CCN(Cc4ccccc4)CC3)c(C=C3SC(=S)N(C4CCCCC4)C3=O)c(=O)n2c1. The zero-order valence-corrected chi connectivity index (χ0v) is 23.8. The van der Waals surface area contributed by atoms with Crippen LogP contribution in [0.5, 0.6) is 0 Å². The first kappa shape index (κ1) is 26.2. The summed E-state index contributed by atoms with van der Waals surface area (Å²) in [6.07, 6.45) is 8.99. The molecule has 1 amide bonds. The Kier molecular flexibility index (Phi) is 7.55. The number of pyridine rings is 1. The molecule has 2 aliphatic heterocycles. The highest BCUT2D eigenvalue weighted by Gasteiger charge is 2.38. The number of thiocarbonyl (C=S) groups is 1. The Morgan fingerprint density at radius 1 is 1.00 bits per heavy atom. The number of amides is 1. The summed E-state index contributed by atoms with van der Waals surface area (Å²) in [7, 11) is 0. The van der Waals surface area contributed by atoms with E-state index in [0.29, 0.717) is 26.3 Å². The average Bonchev–Trinajstić information content (AvgIpc) is 3.24. The molecule has 3 aromatic rings. The van der Waals surface area contributed by atoms with Crippen molar-refractivity contribution in [2.75, 3.05) is 31.1 Å². The number of rotatable bonds is 5. The molecule has 1 aliphatic carbocycles. The molecule has 1 aromatic carbocycles. The molecule has 39 heavy (non-hydrogen) atoms. The van der Waals surface area contributed by atoms with E-state index < -0.39 is 0 Å². The van der Waals surface area contributed by atoms with Gasteiger partial charge in [0.15, 0.2) is 0 Å². The summed E-state index contributed by atoms with van der Waals surface area (Å²) in [6, 6.07) is 14.5. The minimum atomic E-state index is -0.159.